The van der Waals surface area contributed by atoms with E-state index in [9.17, 15) is 4.91 Å². The van der Waals surface area contributed by atoms with Gasteiger partial charge >= 0.3 is 0 Å². The summed E-state index contributed by atoms with van der Waals surface area (Å²) in [6.45, 7) is -0.388. The summed E-state index contributed by atoms with van der Waals surface area (Å²) in [4.78, 5) is 10.5. The molecule has 5 nitrogen and oxygen atoms in total. The van der Waals surface area contributed by atoms with Crippen molar-refractivity contribution in [2.24, 2.45) is 5.29 Å². The summed E-state index contributed by atoms with van der Waals surface area (Å²) in [5, 5.41) is 21.4. The second-order valence-electron chi connectivity index (χ2n) is 2.95. The number of hydrogen-bond acceptors (Lipinski definition) is 4. The van der Waals surface area contributed by atoms with Crippen molar-refractivity contribution >= 4 is 0 Å². The van der Waals surface area contributed by atoms with Crippen molar-refractivity contribution in [3.05, 3.63) is 40.8 Å². The van der Waals surface area contributed by atoms with E-state index in [1.54, 1.807) is 24.3 Å². The van der Waals surface area contributed by atoms with Gasteiger partial charge in [-0.2, -0.15) is 5.26 Å². The minimum Gasteiger partial charge on any atom is -0.394 e. The van der Waals surface area contributed by atoms with E-state index in [4.69, 9.17) is 10.4 Å². The normalized spacial score (nSPS) is 11.5. The summed E-state index contributed by atoms with van der Waals surface area (Å²) in [6, 6.07) is 10.3. The Morgan fingerprint density at radius 1 is 1.47 bits per heavy atom. The number of benzene rings is 1. The van der Waals surface area contributed by atoms with Crippen LogP contribution in [0.2, 0.25) is 0 Å². The highest BCUT2D eigenvalue weighted by molar-refractivity contribution is 5.19. The monoisotopic (exact) mass is 205 g/mol. The lowest BCUT2D eigenvalue weighted by atomic mass is 10.1. The average Bonchev–Trinajstić information content (AvgIpc) is 2.30. The molecular formula is C10H11N3O2. The molecule has 15 heavy (non-hydrogen) atoms. The summed E-state index contributed by atoms with van der Waals surface area (Å²) < 4.78 is 0. The number of hydrogen-bond donors (Lipinski definition) is 1. The van der Waals surface area contributed by atoms with E-state index in [0.717, 1.165) is 10.6 Å². The van der Waals surface area contributed by atoms with Gasteiger partial charge < -0.3 is 5.11 Å². The van der Waals surface area contributed by atoms with Crippen LogP contribution in [0.5, 0.6) is 0 Å². The molecule has 0 spiro atoms. The Morgan fingerprint density at radius 3 is 2.60 bits per heavy atom. The molecular weight excluding hydrogens is 194 g/mol. The van der Waals surface area contributed by atoms with E-state index >= 15 is 0 Å². The Morgan fingerprint density at radius 2 is 2.13 bits per heavy atom. The topological polar surface area (TPSA) is 76.7 Å². The molecule has 0 saturated heterocycles. The van der Waals surface area contributed by atoms with Crippen molar-refractivity contribution in [2.75, 3.05) is 13.2 Å². The zero-order valence-electron chi connectivity index (χ0n) is 8.08. The molecule has 1 rings (SSSR count). The van der Waals surface area contributed by atoms with E-state index in [2.05, 4.69) is 5.29 Å². The SMILES string of the molecule is N#CCN(N=O)[C@H](CO)c1ccccc1. The summed E-state index contributed by atoms with van der Waals surface area (Å²) in [5.74, 6) is 0. The number of nitroso groups, excluding NO2 is 1. The minimum atomic E-state index is -0.552. The lowest BCUT2D eigenvalue weighted by Crippen LogP contribution is -2.26. The van der Waals surface area contributed by atoms with Crippen molar-refractivity contribution < 1.29 is 5.11 Å². The summed E-state index contributed by atoms with van der Waals surface area (Å²) in [6.07, 6.45) is 0. The van der Waals surface area contributed by atoms with Gasteiger partial charge in [-0.1, -0.05) is 30.3 Å². The van der Waals surface area contributed by atoms with E-state index in [1.807, 2.05) is 12.1 Å². The second kappa shape index (κ2) is 5.73. The van der Waals surface area contributed by atoms with Gasteiger partial charge in [-0.3, -0.25) is 0 Å². The smallest absolute Gasteiger partial charge is 0.127 e. The van der Waals surface area contributed by atoms with Gasteiger partial charge in [0.1, 0.15) is 6.54 Å². The standard InChI is InChI=1S/C10H11N3O2/c11-6-7-13(12-15)10(8-14)9-4-2-1-3-5-9/h1-5,10,14H,7-8H2/t10-/m1/s1. The van der Waals surface area contributed by atoms with Gasteiger partial charge in [-0.05, 0) is 5.56 Å². The molecule has 0 unspecified atom stereocenters. The molecule has 0 radical (unpaired) electrons. The number of aliphatic hydroxyl groups is 1. The first kappa shape index (κ1) is 11.1. The van der Waals surface area contributed by atoms with Gasteiger partial charge in [0.25, 0.3) is 0 Å². The molecule has 0 saturated carbocycles. The minimum absolute atomic E-state index is 0.135. The first-order chi connectivity index (χ1) is 7.33. The Hall–Kier alpha value is -1.93. The van der Waals surface area contributed by atoms with Gasteiger partial charge in [0.05, 0.1) is 24.0 Å². The third-order valence-corrected chi connectivity index (χ3v) is 2.05. The maximum Gasteiger partial charge on any atom is 0.127 e. The largest absolute Gasteiger partial charge is 0.394 e. The third-order valence-electron chi connectivity index (χ3n) is 2.05. The molecule has 0 heterocycles. The summed E-state index contributed by atoms with van der Waals surface area (Å²) >= 11 is 0. The van der Waals surface area contributed by atoms with Gasteiger partial charge in [-0.25, -0.2) is 5.01 Å². The highest BCUT2D eigenvalue weighted by atomic mass is 16.3. The number of nitrogens with zero attached hydrogens (tertiary/aromatic N) is 3. The molecule has 1 atom stereocenters. The van der Waals surface area contributed by atoms with Crippen molar-refractivity contribution in [2.45, 2.75) is 6.04 Å². The number of rotatable bonds is 5. The fourth-order valence-electron chi connectivity index (χ4n) is 1.32. The molecule has 0 bridgehead atoms. The van der Waals surface area contributed by atoms with Crippen molar-refractivity contribution in [1.29, 1.82) is 5.26 Å². The first-order valence-electron chi connectivity index (χ1n) is 4.46. The molecule has 0 aliphatic rings. The van der Waals surface area contributed by atoms with Crippen LogP contribution in [-0.2, 0) is 0 Å². The maximum absolute atomic E-state index is 10.5. The van der Waals surface area contributed by atoms with Crippen LogP contribution in [0.4, 0.5) is 0 Å². The van der Waals surface area contributed by atoms with E-state index in [-0.39, 0.29) is 13.2 Å². The molecule has 0 aliphatic heterocycles. The molecule has 5 heteroatoms. The van der Waals surface area contributed by atoms with Gasteiger partial charge in [0.2, 0.25) is 0 Å². The summed E-state index contributed by atoms with van der Waals surface area (Å²) in [5.41, 5.74) is 0.759. The fourth-order valence-corrected chi connectivity index (χ4v) is 1.32. The van der Waals surface area contributed by atoms with Crippen molar-refractivity contribution in [3.8, 4) is 6.07 Å². The van der Waals surface area contributed by atoms with Crippen LogP contribution in [0.15, 0.2) is 35.6 Å². The molecule has 1 aromatic rings. The zero-order chi connectivity index (χ0) is 11.1. The highest BCUT2D eigenvalue weighted by Gasteiger charge is 2.18. The van der Waals surface area contributed by atoms with E-state index < -0.39 is 6.04 Å². The van der Waals surface area contributed by atoms with Crippen LogP contribution in [0.3, 0.4) is 0 Å². The van der Waals surface area contributed by atoms with Crippen LogP contribution in [0.25, 0.3) is 0 Å². The molecule has 1 aromatic carbocycles. The number of nitriles is 1. The third kappa shape index (κ3) is 2.76. The molecule has 1 N–H and O–H groups in total. The Labute approximate surface area is 87.5 Å². The Balaban J connectivity index is 2.88. The zero-order valence-corrected chi connectivity index (χ0v) is 8.08. The first-order valence-corrected chi connectivity index (χ1v) is 4.46. The van der Waals surface area contributed by atoms with Crippen LogP contribution >= 0.6 is 0 Å². The fraction of sp³-hybridized carbons (Fsp3) is 0.300. The molecule has 0 aliphatic carbocycles. The average molecular weight is 205 g/mol. The lowest BCUT2D eigenvalue weighted by Gasteiger charge is -2.22. The van der Waals surface area contributed by atoms with Gasteiger partial charge in [0, 0.05) is 0 Å². The van der Waals surface area contributed by atoms with E-state index in [0.29, 0.717) is 0 Å². The highest BCUT2D eigenvalue weighted by Crippen LogP contribution is 2.19. The van der Waals surface area contributed by atoms with E-state index in [1.165, 1.54) is 0 Å². The van der Waals surface area contributed by atoms with Crippen molar-refractivity contribution in [3.63, 3.8) is 0 Å². The van der Waals surface area contributed by atoms with Crippen LogP contribution < -0.4 is 0 Å². The molecule has 0 amide bonds. The Kier molecular flexibility index (Phi) is 4.26. The lowest BCUT2D eigenvalue weighted by molar-refractivity contribution is 0.138. The molecule has 78 valence electrons. The number of aliphatic hydroxyl groups excluding tert-OH is 1. The molecule has 0 aromatic heterocycles. The van der Waals surface area contributed by atoms with Gasteiger partial charge in [0.15, 0.2) is 0 Å². The van der Waals surface area contributed by atoms with Gasteiger partial charge in [-0.15, -0.1) is 4.91 Å². The maximum atomic E-state index is 10.5. The molecule has 0 fully saturated rings. The predicted octanol–water partition coefficient (Wildman–Crippen LogP) is 1.23. The second-order valence-corrected chi connectivity index (χ2v) is 2.95. The Bertz CT molecular complexity index is 347. The van der Waals surface area contributed by atoms with Crippen LogP contribution in [0, 0.1) is 16.2 Å². The van der Waals surface area contributed by atoms with Crippen molar-refractivity contribution in [1.82, 2.24) is 5.01 Å². The predicted molar refractivity (Wildman–Crippen MR) is 54.4 cm³/mol. The van der Waals surface area contributed by atoms with Crippen LogP contribution in [-0.4, -0.2) is 23.3 Å². The summed E-state index contributed by atoms with van der Waals surface area (Å²) in [7, 11) is 0. The quantitative estimate of drug-likeness (QED) is 0.445. The van der Waals surface area contributed by atoms with Crippen LogP contribution in [0.1, 0.15) is 11.6 Å².